The van der Waals surface area contributed by atoms with Crippen molar-refractivity contribution < 1.29 is 0 Å². The monoisotopic (exact) mass is 638 g/mol. The maximum absolute atomic E-state index is 5.46. The lowest BCUT2D eigenvalue weighted by Crippen LogP contribution is -2.03. The summed E-state index contributed by atoms with van der Waals surface area (Å²) in [4.78, 5) is 10.7. The molecule has 0 N–H and O–H groups in total. The molecule has 0 aliphatic rings. The molecule has 234 valence electrons. The summed E-state index contributed by atoms with van der Waals surface area (Å²) in [6.07, 6.45) is 2.15. The Labute approximate surface area is 289 Å². The second-order valence-electron chi connectivity index (χ2n) is 12.7. The fourth-order valence-electron chi connectivity index (χ4n) is 7.37. The van der Waals surface area contributed by atoms with Crippen molar-refractivity contribution in [2.45, 2.75) is 0 Å². The number of aromatic nitrogens is 4. The second-order valence-corrected chi connectivity index (χ2v) is 12.7. The van der Waals surface area contributed by atoms with Crippen LogP contribution in [0.15, 0.2) is 182 Å². The molecule has 0 saturated carbocycles. The normalized spacial score (nSPS) is 11.6. The third kappa shape index (κ3) is 4.61. The van der Waals surface area contributed by atoms with Gasteiger partial charge < -0.3 is 4.57 Å². The first kappa shape index (κ1) is 28.3. The number of para-hydroxylation sites is 3. The van der Waals surface area contributed by atoms with Gasteiger partial charge in [-0.3, -0.25) is 4.57 Å². The Hall–Kier alpha value is -6.78. The summed E-state index contributed by atoms with van der Waals surface area (Å²) in [6.45, 7) is 0. The molecule has 3 aromatic heterocycles. The van der Waals surface area contributed by atoms with Gasteiger partial charge in [-0.1, -0.05) is 115 Å². The van der Waals surface area contributed by atoms with Gasteiger partial charge in [-0.05, 0) is 82.9 Å². The van der Waals surface area contributed by atoms with Gasteiger partial charge in [-0.25, -0.2) is 9.97 Å². The molecule has 0 aliphatic carbocycles. The van der Waals surface area contributed by atoms with Gasteiger partial charge in [0.05, 0.1) is 27.8 Å². The Morgan fingerprint density at radius 1 is 0.380 bits per heavy atom. The molecule has 7 aromatic carbocycles. The van der Waals surface area contributed by atoms with Gasteiger partial charge in [-0.15, -0.1) is 0 Å². The molecule has 0 saturated heterocycles. The van der Waals surface area contributed by atoms with Crippen molar-refractivity contribution in [2.24, 2.45) is 0 Å². The quantitative estimate of drug-likeness (QED) is 0.188. The lowest BCUT2D eigenvalue weighted by atomic mass is 9.94. The van der Waals surface area contributed by atoms with E-state index in [1.807, 2.05) is 0 Å². The van der Waals surface area contributed by atoms with Gasteiger partial charge in [0.25, 0.3) is 0 Å². The van der Waals surface area contributed by atoms with Crippen LogP contribution >= 0.6 is 0 Å². The van der Waals surface area contributed by atoms with Crippen LogP contribution in [0.25, 0.3) is 88.8 Å². The Morgan fingerprint density at radius 3 is 1.70 bits per heavy atom. The Morgan fingerprint density at radius 2 is 0.980 bits per heavy atom. The third-order valence-electron chi connectivity index (χ3n) is 9.73. The lowest BCUT2D eigenvalue weighted by molar-refractivity contribution is 1.01. The molecule has 10 rings (SSSR count). The standard InChI is InChI=1S/C46H30N4/c1-4-14-31(15-5-1)34-26-35(32-16-6-2-7-17-32)28-36(27-34)45-39-21-10-12-22-41(39)47-46(48-45)50-42-23-13-11-20-38(42)40-30-43-33(29-44(40)50)24-25-49(43)37-18-8-3-9-19-37/h1-30H. The van der Waals surface area contributed by atoms with Crippen LogP contribution < -0.4 is 0 Å². The van der Waals surface area contributed by atoms with Crippen molar-refractivity contribution in [3.8, 4) is 45.1 Å². The Bertz CT molecular complexity index is 2790. The molecule has 0 unspecified atom stereocenters. The molecule has 0 radical (unpaired) electrons. The minimum absolute atomic E-state index is 0.651. The van der Waals surface area contributed by atoms with Gasteiger partial charge in [0.15, 0.2) is 0 Å². The fraction of sp³-hybridized carbons (Fsp3) is 0. The second kappa shape index (κ2) is 11.4. The highest BCUT2D eigenvalue weighted by molar-refractivity contribution is 6.13. The molecule has 10 aromatic rings. The van der Waals surface area contributed by atoms with Crippen LogP contribution in [0.4, 0.5) is 0 Å². The maximum atomic E-state index is 5.46. The van der Waals surface area contributed by atoms with Crippen LogP contribution in [-0.4, -0.2) is 19.1 Å². The highest BCUT2D eigenvalue weighted by Gasteiger charge is 2.19. The molecule has 0 spiro atoms. The molecule has 0 fully saturated rings. The van der Waals surface area contributed by atoms with Crippen molar-refractivity contribution in [1.29, 1.82) is 0 Å². The first-order chi connectivity index (χ1) is 24.8. The van der Waals surface area contributed by atoms with Gasteiger partial charge >= 0.3 is 0 Å². The Kier molecular flexibility index (Phi) is 6.46. The number of hydrogen-bond donors (Lipinski definition) is 0. The van der Waals surface area contributed by atoms with E-state index in [4.69, 9.17) is 9.97 Å². The average Bonchev–Trinajstić information content (AvgIpc) is 3.76. The predicted molar refractivity (Wildman–Crippen MR) is 207 cm³/mol. The first-order valence-electron chi connectivity index (χ1n) is 16.9. The summed E-state index contributed by atoms with van der Waals surface area (Å²) >= 11 is 0. The van der Waals surface area contributed by atoms with E-state index >= 15 is 0 Å². The van der Waals surface area contributed by atoms with Crippen molar-refractivity contribution in [3.05, 3.63) is 182 Å². The smallest absolute Gasteiger partial charge is 0.235 e. The lowest BCUT2D eigenvalue weighted by Gasteiger charge is -2.14. The van der Waals surface area contributed by atoms with Crippen molar-refractivity contribution in [2.75, 3.05) is 0 Å². The van der Waals surface area contributed by atoms with Crippen LogP contribution in [0, 0.1) is 0 Å². The zero-order valence-electron chi connectivity index (χ0n) is 27.1. The predicted octanol–water partition coefficient (Wildman–Crippen LogP) is 11.7. The molecule has 4 nitrogen and oxygen atoms in total. The summed E-state index contributed by atoms with van der Waals surface area (Å²) in [5, 5.41) is 4.51. The summed E-state index contributed by atoms with van der Waals surface area (Å²) in [5.41, 5.74) is 11.9. The number of rotatable bonds is 5. The molecule has 0 bridgehead atoms. The van der Waals surface area contributed by atoms with Crippen LogP contribution in [-0.2, 0) is 0 Å². The summed E-state index contributed by atoms with van der Waals surface area (Å²) in [7, 11) is 0. The zero-order chi connectivity index (χ0) is 33.0. The molecule has 3 heterocycles. The van der Waals surface area contributed by atoms with Crippen LogP contribution in [0.2, 0.25) is 0 Å². The van der Waals surface area contributed by atoms with E-state index in [-0.39, 0.29) is 0 Å². The van der Waals surface area contributed by atoms with E-state index in [1.54, 1.807) is 0 Å². The van der Waals surface area contributed by atoms with E-state index in [1.165, 1.54) is 21.9 Å². The first-order valence-corrected chi connectivity index (χ1v) is 16.9. The minimum Gasteiger partial charge on any atom is -0.317 e. The number of hydrogen-bond acceptors (Lipinski definition) is 2. The third-order valence-corrected chi connectivity index (χ3v) is 9.73. The molecule has 0 amide bonds. The van der Waals surface area contributed by atoms with Crippen LogP contribution in [0.5, 0.6) is 0 Å². The molecular weight excluding hydrogens is 609 g/mol. The van der Waals surface area contributed by atoms with E-state index in [0.717, 1.165) is 60.9 Å². The summed E-state index contributed by atoms with van der Waals surface area (Å²) in [6, 6.07) is 62.2. The highest BCUT2D eigenvalue weighted by atomic mass is 15.2. The van der Waals surface area contributed by atoms with Gasteiger partial charge in [0.1, 0.15) is 0 Å². The largest absolute Gasteiger partial charge is 0.317 e. The highest BCUT2D eigenvalue weighted by Crippen LogP contribution is 2.38. The number of nitrogens with zero attached hydrogens (tertiary/aromatic N) is 4. The molecule has 50 heavy (non-hydrogen) atoms. The number of fused-ring (bicyclic) bond motifs is 5. The van der Waals surface area contributed by atoms with Gasteiger partial charge in [-0.2, -0.15) is 0 Å². The molecule has 0 atom stereocenters. The average molecular weight is 639 g/mol. The number of benzene rings is 7. The maximum Gasteiger partial charge on any atom is 0.235 e. The van der Waals surface area contributed by atoms with Crippen LogP contribution in [0.1, 0.15) is 0 Å². The van der Waals surface area contributed by atoms with Gasteiger partial charge in [0, 0.05) is 39.0 Å². The SMILES string of the molecule is c1ccc(-c2cc(-c3ccccc3)cc(-c3nc(-n4c5ccccc5c5cc6c(ccn6-c6ccccc6)cc54)nc4ccccc34)c2)cc1. The van der Waals surface area contributed by atoms with E-state index in [0.29, 0.717) is 5.95 Å². The van der Waals surface area contributed by atoms with Crippen molar-refractivity contribution in [1.82, 2.24) is 19.1 Å². The molecule has 0 aliphatic heterocycles. The van der Waals surface area contributed by atoms with Crippen LogP contribution in [0.3, 0.4) is 0 Å². The van der Waals surface area contributed by atoms with E-state index in [2.05, 4.69) is 191 Å². The fourth-order valence-corrected chi connectivity index (χ4v) is 7.37. The minimum atomic E-state index is 0.651. The molecular formula is C46H30N4. The zero-order valence-corrected chi connectivity index (χ0v) is 27.1. The summed E-state index contributed by atoms with van der Waals surface area (Å²) in [5.74, 6) is 0.651. The Balaban J connectivity index is 1.24. The van der Waals surface area contributed by atoms with E-state index < -0.39 is 0 Å². The topological polar surface area (TPSA) is 35.6 Å². The molecule has 4 heteroatoms. The van der Waals surface area contributed by atoms with Crippen molar-refractivity contribution >= 4 is 43.6 Å². The van der Waals surface area contributed by atoms with Gasteiger partial charge in [0.2, 0.25) is 5.95 Å². The van der Waals surface area contributed by atoms with E-state index in [9.17, 15) is 0 Å². The summed E-state index contributed by atoms with van der Waals surface area (Å²) < 4.78 is 4.49. The van der Waals surface area contributed by atoms with Crippen molar-refractivity contribution in [3.63, 3.8) is 0 Å².